The molecular weight excluding hydrogens is 583 g/mol. The highest BCUT2D eigenvalue weighted by atomic mass is 32.1. The highest BCUT2D eigenvalue weighted by molar-refractivity contribution is 7.17. The lowest BCUT2D eigenvalue weighted by Crippen LogP contribution is -2.35. The van der Waals surface area contributed by atoms with Crippen LogP contribution in [0.1, 0.15) is 36.5 Å². The number of pyridine rings is 1. The van der Waals surface area contributed by atoms with Gasteiger partial charge in [0.1, 0.15) is 11.2 Å². The van der Waals surface area contributed by atoms with Crippen molar-refractivity contribution in [2.24, 2.45) is 10.4 Å². The molecule has 0 spiro atoms. The second-order valence-electron chi connectivity index (χ2n) is 10.3. The maximum atomic E-state index is 15.2. The maximum absolute atomic E-state index is 15.2. The number of aromatic nitrogens is 1. The van der Waals surface area contributed by atoms with E-state index < -0.39 is 23.4 Å². The fourth-order valence-electron chi connectivity index (χ4n) is 4.76. The van der Waals surface area contributed by atoms with E-state index in [9.17, 15) is 9.59 Å². The van der Waals surface area contributed by atoms with Gasteiger partial charge >= 0.3 is 0 Å². The summed E-state index contributed by atoms with van der Waals surface area (Å²) in [6.07, 6.45) is 3.85. The van der Waals surface area contributed by atoms with Crippen molar-refractivity contribution in [2.45, 2.75) is 26.1 Å². The predicted molar refractivity (Wildman–Crippen MR) is 167 cm³/mol. The molecule has 2 aromatic heterocycles. The molecule has 2 fully saturated rings. The lowest BCUT2D eigenvalue weighted by Gasteiger charge is -2.16. The van der Waals surface area contributed by atoms with Crippen molar-refractivity contribution < 1.29 is 28.2 Å². The van der Waals surface area contributed by atoms with Gasteiger partial charge in [0.2, 0.25) is 11.8 Å². The van der Waals surface area contributed by atoms with Gasteiger partial charge in [-0.2, -0.15) is 0 Å². The van der Waals surface area contributed by atoms with Crippen molar-refractivity contribution in [3.8, 4) is 16.3 Å². The van der Waals surface area contributed by atoms with Gasteiger partial charge in [0.25, 0.3) is 0 Å². The number of para-hydroxylation sites is 1. The summed E-state index contributed by atoms with van der Waals surface area (Å²) in [5, 5.41) is 5.47. The van der Waals surface area contributed by atoms with Crippen LogP contribution in [0, 0.1) is 11.2 Å². The standard InChI is InChI=1S/C33H29FN4O5S/c1-3-26(29-25(35-2)18-28(44-29)24-11-9-20(19-36-24)30-41-15-16-42-30)43-27-12-10-22(17-23(27)34)38-32(40)33(13-14-33)31(39)37-21-7-5-4-6-8-21/h3-12,17-19,30H,2,13-16H2,1H3,(H,37,39)(H,38,40)/b26-3+. The Labute approximate surface area is 257 Å². The third-order valence-corrected chi connectivity index (χ3v) is 8.52. The Kier molecular flexibility index (Phi) is 8.34. The van der Waals surface area contributed by atoms with Crippen molar-refractivity contribution in [2.75, 3.05) is 23.8 Å². The first-order chi connectivity index (χ1) is 21.4. The number of nitrogens with one attached hydrogen (secondary N) is 2. The summed E-state index contributed by atoms with van der Waals surface area (Å²) in [6.45, 7) is 6.56. The Hall–Kier alpha value is -4.71. The largest absolute Gasteiger partial charge is 0.453 e. The van der Waals surface area contributed by atoms with Gasteiger partial charge in [-0.15, -0.1) is 11.3 Å². The van der Waals surface area contributed by atoms with E-state index in [1.54, 1.807) is 43.5 Å². The number of amides is 2. The molecule has 2 N–H and O–H groups in total. The fraction of sp³-hybridized carbons (Fsp3) is 0.212. The van der Waals surface area contributed by atoms with Crippen LogP contribution >= 0.6 is 11.3 Å². The molecule has 0 unspecified atom stereocenters. The minimum atomic E-state index is -1.18. The summed E-state index contributed by atoms with van der Waals surface area (Å²) in [6, 6.07) is 18.7. The highest BCUT2D eigenvalue weighted by Crippen LogP contribution is 2.48. The summed E-state index contributed by atoms with van der Waals surface area (Å²) in [4.78, 5) is 36.1. The summed E-state index contributed by atoms with van der Waals surface area (Å²) < 4.78 is 32.3. The summed E-state index contributed by atoms with van der Waals surface area (Å²) in [5.41, 5.74) is 1.77. The Morgan fingerprint density at radius 2 is 1.77 bits per heavy atom. The molecular formula is C33H29FN4O5S. The molecule has 2 aliphatic rings. The number of hydrogen-bond donors (Lipinski definition) is 2. The molecule has 224 valence electrons. The second-order valence-corrected chi connectivity index (χ2v) is 11.3. The SMILES string of the molecule is C=Nc1cc(-c2ccc(C3OCCO3)cn2)sc1/C(=C\C)Oc1ccc(NC(=O)C2(C(=O)Nc3ccccc3)CC2)cc1F. The van der Waals surface area contributed by atoms with Crippen LogP contribution in [-0.4, -0.2) is 36.7 Å². The van der Waals surface area contributed by atoms with Crippen molar-refractivity contribution >= 4 is 52.7 Å². The molecule has 2 aromatic carbocycles. The number of halogens is 1. The third kappa shape index (κ3) is 6.02. The molecule has 1 saturated carbocycles. The third-order valence-electron chi connectivity index (χ3n) is 7.36. The molecule has 0 atom stereocenters. The predicted octanol–water partition coefficient (Wildman–Crippen LogP) is 7.12. The number of aliphatic imine (C=N–C) groups is 1. The molecule has 9 nitrogen and oxygen atoms in total. The molecule has 44 heavy (non-hydrogen) atoms. The smallest absolute Gasteiger partial charge is 0.240 e. The zero-order valence-electron chi connectivity index (χ0n) is 23.8. The zero-order valence-corrected chi connectivity index (χ0v) is 24.7. The molecule has 11 heteroatoms. The second kappa shape index (κ2) is 12.5. The number of thiophene rings is 1. The first-order valence-corrected chi connectivity index (χ1v) is 14.8. The first kappa shape index (κ1) is 29.4. The molecule has 4 aromatic rings. The van der Waals surface area contributed by atoms with E-state index in [1.165, 1.54) is 29.5 Å². The normalized spacial score (nSPS) is 15.9. The number of anilines is 2. The van der Waals surface area contributed by atoms with Crippen LogP contribution in [0.15, 0.2) is 84.0 Å². The highest BCUT2D eigenvalue weighted by Gasteiger charge is 2.56. The Bertz CT molecular complexity index is 1730. The van der Waals surface area contributed by atoms with Gasteiger partial charge < -0.3 is 24.8 Å². The minimum Gasteiger partial charge on any atom is -0.453 e. The van der Waals surface area contributed by atoms with Gasteiger partial charge in [-0.3, -0.25) is 19.6 Å². The Balaban J connectivity index is 1.14. The van der Waals surface area contributed by atoms with Crippen LogP contribution in [0.3, 0.4) is 0 Å². The monoisotopic (exact) mass is 612 g/mol. The molecule has 1 saturated heterocycles. The van der Waals surface area contributed by atoms with Gasteiger partial charge in [-0.05, 0) is 69.0 Å². The molecule has 0 radical (unpaired) electrons. The molecule has 2 amide bonds. The number of ether oxygens (including phenoxy) is 3. The van der Waals surface area contributed by atoms with Crippen LogP contribution < -0.4 is 15.4 Å². The van der Waals surface area contributed by atoms with Crippen molar-refractivity contribution in [3.63, 3.8) is 0 Å². The van der Waals surface area contributed by atoms with E-state index in [4.69, 9.17) is 14.2 Å². The van der Waals surface area contributed by atoms with Crippen molar-refractivity contribution in [3.05, 3.63) is 95.3 Å². The molecule has 0 bridgehead atoms. The number of carbonyl (C=O) groups excluding carboxylic acids is 2. The van der Waals surface area contributed by atoms with E-state index in [-0.39, 0.29) is 17.3 Å². The topological polar surface area (TPSA) is 111 Å². The number of benzene rings is 2. The van der Waals surface area contributed by atoms with Crippen molar-refractivity contribution in [1.29, 1.82) is 0 Å². The number of allylic oxidation sites excluding steroid dienone is 1. The first-order valence-electron chi connectivity index (χ1n) is 14.0. The van der Waals surface area contributed by atoms with Crippen molar-refractivity contribution in [1.82, 2.24) is 4.98 Å². The quantitative estimate of drug-likeness (QED) is 0.112. The van der Waals surface area contributed by atoms with E-state index >= 15 is 4.39 Å². The van der Waals surface area contributed by atoms with Crippen LogP contribution in [0.5, 0.6) is 5.75 Å². The Morgan fingerprint density at radius 1 is 1.05 bits per heavy atom. The van der Waals surface area contributed by atoms with E-state index in [1.807, 2.05) is 24.3 Å². The lowest BCUT2D eigenvalue weighted by atomic mass is 10.0. The molecule has 1 aliphatic carbocycles. The summed E-state index contributed by atoms with van der Waals surface area (Å²) in [5.74, 6) is -1.20. The fourth-order valence-corrected chi connectivity index (χ4v) is 5.87. The number of rotatable bonds is 10. The van der Waals surface area contributed by atoms with Crippen LogP contribution in [0.25, 0.3) is 16.3 Å². The molecule has 3 heterocycles. The minimum absolute atomic E-state index is 0.0388. The summed E-state index contributed by atoms with van der Waals surface area (Å²) >= 11 is 1.39. The van der Waals surface area contributed by atoms with E-state index in [0.717, 1.165) is 16.1 Å². The van der Waals surface area contributed by atoms with Gasteiger partial charge in [0.05, 0.1) is 34.3 Å². The van der Waals surface area contributed by atoms with Crippen LogP contribution in [0.4, 0.5) is 21.5 Å². The van der Waals surface area contributed by atoms with Gasteiger partial charge in [0.15, 0.2) is 17.9 Å². The van der Waals surface area contributed by atoms with Gasteiger partial charge in [-0.25, -0.2) is 4.39 Å². The summed E-state index contributed by atoms with van der Waals surface area (Å²) in [7, 11) is 0. The number of hydrogen-bond acceptors (Lipinski definition) is 8. The van der Waals surface area contributed by atoms with E-state index in [0.29, 0.717) is 48.1 Å². The zero-order chi connectivity index (χ0) is 30.7. The van der Waals surface area contributed by atoms with Crippen LogP contribution in [-0.2, 0) is 19.1 Å². The number of carbonyl (C=O) groups is 2. The maximum Gasteiger partial charge on any atom is 0.240 e. The van der Waals surface area contributed by atoms with Gasteiger partial charge in [0, 0.05) is 29.2 Å². The Morgan fingerprint density at radius 3 is 2.39 bits per heavy atom. The lowest BCUT2D eigenvalue weighted by molar-refractivity contribution is -0.131. The van der Waals surface area contributed by atoms with Crippen LogP contribution in [0.2, 0.25) is 0 Å². The molecule has 1 aliphatic heterocycles. The van der Waals surface area contributed by atoms with Gasteiger partial charge in [-0.1, -0.05) is 24.3 Å². The van der Waals surface area contributed by atoms with E-state index in [2.05, 4.69) is 27.3 Å². The molecule has 6 rings (SSSR count). The average Bonchev–Trinajstić information content (AvgIpc) is 3.47. The average molecular weight is 613 g/mol. The number of nitrogens with zero attached hydrogens (tertiary/aromatic N) is 2.